The zero-order chi connectivity index (χ0) is 16.1. The lowest BCUT2D eigenvalue weighted by atomic mass is 10.0. The maximum Gasteiger partial charge on any atom is 0.224 e. The van der Waals surface area contributed by atoms with E-state index in [0.717, 1.165) is 38.2 Å². The van der Waals surface area contributed by atoms with Crippen LogP contribution in [0.5, 0.6) is 0 Å². The average Bonchev–Trinajstić information content (AvgIpc) is 3.10. The maximum absolute atomic E-state index is 13.6. The van der Waals surface area contributed by atoms with Crippen molar-refractivity contribution in [1.29, 1.82) is 0 Å². The van der Waals surface area contributed by atoms with Crippen LogP contribution in [0.4, 0.5) is 4.39 Å². The minimum absolute atomic E-state index is 0. The second-order valence-electron chi connectivity index (χ2n) is 6.15. The number of amides is 1. The third-order valence-electron chi connectivity index (χ3n) is 4.62. The predicted molar refractivity (Wildman–Crippen MR) is 100 cm³/mol. The molecule has 0 aromatic heterocycles. The van der Waals surface area contributed by atoms with Crippen molar-refractivity contribution in [2.24, 2.45) is 5.92 Å². The van der Waals surface area contributed by atoms with E-state index in [-0.39, 0.29) is 48.5 Å². The van der Waals surface area contributed by atoms with Gasteiger partial charge in [0.1, 0.15) is 5.82 Å². The van der Waals surface area contributed by atoms with E-state index in [0.29, 0.717) is 19.8 Å². The van der Waals surface area contributed by atoms with Gasteiger partial charge < -0.3 is 15.4 Å². The highest BCUT2D eigenvalue weighted by Gasteiger charge is 2.26. The van der Waals surface area contributed by atoms with E-state index in [1.54, 1.807) is 12.1 Å². The molecule has 2 N–H and O–H groups in total. The molecule has 0 saturated carbocycles. The number of nitrogens with zero attached hydrogens (tertiary/aromatic N) is 1. The number of carbonyl (C=O) groups is 1. The van der Waals surface area contributed by atoms with Crippen molar-refractivity contribution in [3.05, 3.63) is 35.6 Å². The molecule has 2 unspecified atom stereocenters. The summed E-state index contributed by atoms with van der Waals surface area (Å²) in [6, 6.07) is 6.63. The lowest BCUT2D eigenvalue weighted by Gasteiger charge is -2.35. The van der Waals surface area contributed by atoms with Crippen LogP contribution in [0.1, 0.15) is 18.0 Å². The Kier molecular flexibility index (Phi) is 9.67. The number of halogens is 3. The van der Waals surface area contributed by atoms with Crippen molar-refractivity contribution >= 4 is 30.7 Å². The van der Waals surface area contributed by atoms with Gasteiger partial charge in [0, 0.05) is 26.2 Å². The summed E-state index contributed by atoms with van der Waals surface area (Å²) < 4.78 is 19.0. The first-order valence-electron chi connectivity index (χ1n) is 8.30. The number of ether oxygens (including phenoxy) is 1. The summed E-state index contributed by atoms with van der Waals surface area (Å²) in [5, 5.41) is 6.26. The Labute approximate surface area is 160 Å². The monoisotopic (exact) mass is 393 g/mol. The molecule has 1 aromatic rings. The molecule has 0 radical (unpaired) electrons. The molecule has 0 aliphatic carbocycles. The van der Waals surface area contributed by atoms with Crippen LogP contribution in [0.2, 0.25) is 0 Å². The van der Waals surface area contributed by atoms with Crippen LogP contribution in [0.25, 0.3) is 0 Å². The molecule has 0 bridgehead atoms. The molecule has 3 rings (SSSR count). The molecule has 5 nitrogen and oxygen atoms in total. The highest BCUT2D eigenvalue weighted by Crippen LogP contribution is 2.22. The van der Waals surface area contributed by atoms with Gasteiger partial charge in [-0.25, -0.2) is 4.39 Å². The third kappa shape index (κ3) is 6.08. The Balaban J connectivity index is 0.00000156. The average molecular weight is 394 g/mol. The van der Waals surface area contributed by atoms with E-state index < -0.39 is 0 Å². The van der Waals surface area contributed by atoms with E-state index in [2.05, 4.69) is 15.5 Å². The first kappa shape index (κ1) is 22.1. The van der Waals surface area contributed by atoms with Crippen molar-refractivity contribution in [2.45, 2.75) is 12.5 Å². The van der Waals surface area contributed by atoms with Gasteiger partial charge in [-0.15, -0.1) is 24.8 Å². The second kappa shape index (κ2) is 10.9. The third-order valence-corrected chi connectivity index (χ3v) is 4.62. The van der Waals surface area contributed by atoms with Crippen molar-refractivity contribution in [2.75, 3.05) is 45.9 Å². The first-order chi connectivity index (χ1) is 11.2. The van der Waals surface area contributed by atoms with Crippen molar-refractivity contribution in [3.63, 3.8) is 0 Å². The van der Waals surface area contributed by atoms with Crippen LogP contribution in [-0.2, 0) is 9.53 Å². The lowest BCUT2D eigenvalue weighted by molar-refractivity contribution is -0.124. The number of benzene rings is 1. The fourth-order valence-corrected chi connectivity index (χ4v) is 3.28. The Hall–Kier alpha value is -0.920. The quantitative estimate of drug-likeness (QED) is 0.800. The Morgan fingerprint density at radius 3 is 2.76 bits per heavy atom. The van der Waals surface area contributed by atoms with E-state index in [1.165, 1.54) is 6.07 Å². The van der Waals surface area contributed by atoms with Crippen LogP contribution in [-0.4, -0.2) is 56.7 Å². The SMILES string of the molecule is Cl.Cl.O=C(NCC(c1cccc(F)c1)N1CCOCC1)C1CCNC1. The molecule has 1 amide bonds. The standard InChI is InChI=1S/C17H24FN3O2.2ClH/c18-15-3-1-2-13(10-15)16(21-6-8-23-9-7-21)12-20-17(22)14-4-5-19-11-14;;/h1-3,10,14,16,19H,4-9,11-12H2,(H,20,22);2*1H. The summed E-state index contributed by atoms with van der Waals surface area (Å²) in [4.78, 5) is 14.5. The zero-order valence-corrected chi connectivity index (χ0v) is 15.7. The Bertz CT molecular complexity index is 538. The molecule has 25 heavy (non-hydrogen) atoms. The van der Waals surface area contributed by atoms with Crippen LogP contribution in [0, 0.1) is 11.7 Å². The normalized spacial score (nSPS) is 21.7. The molecular formula is C17H26Cl2FN3O2. The molecule has 8 heteroatoms. The topological polar surface area (TPSA) is 53.6 Å². The molecular weight excluding hydrogens is 368 g/mol. The molecule has 2 fully saturated rings. The summed E-state index contributed by atoms with van der Waals surface area (Å²) in [7, 11) is 0. The summed E-state index contributed by atoms with van der Waals surface area (Å²) in [6.07, 6.45) is 0.883. The van der Waals surface area contributed by atoms with Crippen LogP contribution < -0.4 is 10.6 Å². The maximum atomic E-state index is 13.6. The molecule has 2 saturated heterocycles. The minimum atomic E-state index is -0.243. The summed E-state index contributed by atoms with van der Waals surface area (Å²) in [5.74, 6) is -0.107. The van der Waals surface area contributed by atoms with E-state index in [9.17, 15) is 9.18 Å². The molecule has 2 atom stereocenters. The highest BCUT2D eigenvalue weighted by molar-refractivity contribution is 5.85. The first-order valence-corrected chi connectivity index (χ1v) is 8.30. The van der Waals surface area contributed by atoms with Crippen LogP contribution in [0.15, 0.2) is 24.3 Å². The van der Waals surface area contributed by atoms with Crippen molar-refractivity contribution < 1.29 is 13.9 Å². The number of nitrogens with one attached hydrogen (secondary N) is 2. The molecule has 2 aliphatic heterocycles. The fraction of sp³-hybridized carbons (Fsp3) is 0.588. The van der Waals surface area contributed by atoms with Crippen molar-refractivity contribution in [1.82, 2.24) is 15.5 Å². The second-order valence-corrected chi connectivity index (χ2v) is 6.15. The van der Waals surface area contributed by atoms with Crippen molar-refractivity contribution in [3.8, 4) is 0 Å². The largest absolute Gasteiger partial charge is 0.379 e. The van der Waals surface area contributed by atoms with Gasteiger partial charge in [0.25, 0.3) is 0 Å². The number of morpholine rings is 1. The fourth-order valence-electron chi connectivity index (χ4n) is 3.28. The summed E-state index contributed by atoms with van der Waals surface area (Å²) in [6.45, 7) is 5.07. The van der Waals surface area contributed by atoms with Gasteiger partial charge in [0.2, 0.25) is 5.91 Å². The van der Waals surface area contributed by atoms with Gasteiger partial charge in [-0.05, 0) is 30.7 Å². The van der Waals surface area contributed by atoms with Crippen LogP contribution >= 0.6 is 24.8 Å². The molecule has 2 aliphatic rings. The van der Waals surface area contributed by atoms with Gasteiger partial charge in [-0.2, -0.15) is 0 Å². The lowest BCUT2D eigenvalue weighted by Crippen LogP contribution is -2.45. The van der Waals surface area contributed by atoms with Gasteiger partial charge >= 0.3 is 0 Å². The summed E-state index contributed by atoms with van der Waals surface area (Å²) >= 11 is 0. The zero-order valence-electron chi connectivity index (χ0n) is 14.1. The van der Waals surface area contributed by atoms with Gasteiger partial charge in [-0.1, -0.05) is 12.1 Å². The number of hydrogen-bond acceptors (Lipinski definition) is 4. The number of rotatable bonds is 5. The van der Waals surface area contributed by atoms with Gasteiger partial charge in [-0.3, -0.25) is 9.69 Å². The summed E-state index contributed by atoms with van der Waals surface area (Å²) in [5.41, 5.74) is 0.900. The number of hydrogen-bond donors (Lipinski definition) is 2. The Morgan fingerprint density at radius 2 is 2.12 bits per heavy atom. The highest BCUT2D eigenvalue weighted by atomic mass is 35.5. The van der Waals surface area contributed by atoms with E-state index in [4.69, 9.17) is 4.74 Å². The Morgan fingerprint density at radius 1 is 1.36 bits per heavy atom. The molecule has 0 spiro atoms. The van der Waals surface area contributed by atoms with Gasteiger partial charge in [0.05, 0.1) is 25.2 Å². The minimum Gasteiger partial charge on any atom is -0.379 e. The number of carbonyl (C=O) groups excluding carboxylic acids is 1. The smallest absolute Gasteiger partial charge is 0.224 e. The van der Waals surface area contributed by atoms with E-state index >= 15 is 0 Å². The van der Waals surface area contributed by atoms with Crippen LogP contribution in [0.3, 0.4) is 0 Å². The molecule has 142 valence electrons. The molecule has 1 aromatic carbocycles. The van der Waals surface area contributed by atoms with E-state index in [1.807, 2.05) is 6.07 Å². The molecule has 2 heterocycles. The van der Waals surface area contributed by atoms with Gasteiger partial charge in [0.15, 0.2) is 0 Å². The predicted octanol–water partition coefficient (Wildman–Crippen LogP) is 1.77.